The average Bonchev–Trinajstić information content (AvgIpc) is 3.08. The molecule has 0 heterocycles. The number of carbonyl (C=O) groups excluding carboxylic acids is 1. The van der Waals surface area contributed by atoms with Crippen molar-refractivity contribution in [2.24, 2.45) is 17.8 Å². The number of ether oxygens (including phenoxy) is 2. The maximum absolute atomic E-state index is 13.1. The van der Waals surface area contributed by atoms with Crippen LogP contribution < -0.4 is 10.6 Å². The summed E-state index contributed by atoms with van der Waals surface area (Å²) in [5.74, 6) is -5.15. The molecule has 2 aliphatic rings. The van der Waals surface area contributed by atoms with E-state index < -0.39 is 84.6 Å². The Kier molecular flexibility index (Phi) is 21.0. The van der Waals surface area contributed by atoms with Gasteiger partial charge in [0.25, 0.3) is 0 Å². The van der Waals surface area contributed by atoms with Gasteiger partial charge in [-0.15, -0.1) is 0 Å². The van der Waals surface area contributed by atoms with Gasteiger partial charge in [-0.25, -0.2) is 0 Å². The Bertz CT molecular complexity index is 1020. The largest absolute Gasteiger partial charge is 0.481 e. The number of carboxylic acids is 2. The first-order valence-electron chi connectivity index (χ1n) is 19.4. The van der Waals surface area contributed by atoms with Crippen molar-refractivity contribution in [3.05, 3.63) is 0 Å². The molecule has 14 heteroatoms. The minimum absolute atomic E-state index is 0.00766. The monoisotopic (exact) mass is 732 g/mol. The van der Waals surface area contributed by atoms with Crippen LogP contribution in [0.3, 0.4) is 0 Å². The zero-order chi connectivity index (χ0) is 38.1. The number of unbranched alkanes of at least 4 members (excludes halogenated alkanes) is 10. The summed E-state index contributed by atoms with van der Waals surface area (Å²) < 4.78 is 11.7. The van der Waals surface area contributed by atoms with Crippen LogP contribution in [-0.2, 0) is 23.9 Å². The van der Waals surface area contributed by atoms with Crippen molar-refractivity contribution in [2.75, 3.05) is 13.2 Å². The van der Waals surface area contributed by atoms with Crippen molar-refractivity contribution < 1.29 is 59.6 Å². The molecule has 14 nitrogen and oxygen atoms in total. The molecule has 0 aromatic carbocycles. The Labute approximate surface area is 303 Å². The van der Waals surface area contributed by atoms with E-state index in [0.717, 1.165) is 25.7 Å². The first-order chi connectivity index (χ1) is 24.2. The van der Waals surface area contributed by atoms with Gasteiger partial charge in [0.15, 0.2) is 0 Å². The summed E-state index contributed by atoms with van der Waals surface area (Å²) in [4.78, 5) is 37.0. The topological polar surface area (TPSA) is 235 Å². The fourth-order valence-electron chi connectivity index (χ4n) is 6.98. The fraction of sp³-hybridized carbons (Fsp3) is 0.919. The first-order valence-corrected chi connectivity index (χ1v) is 19.4. The molecule has 1 amide bonds. The summed E-state index contributed by atoms with van der Waals surface area (Å²) in [6.07, 6.45) is 0.214. The molecule has 2 fully saturated rings. The smallest absolute Gasteiger partial charge is 0.320 e. The number of aliphatic hydroxyl groups is 5. The lowest BCUT2D eigenvalue weighted by Gasteiger charge is -2.45. The minimum Gasteiger partial charge on any atom is -0.481 e. The van der Waals surface area contributed by atoms with Gasteiger partial charge in [0.2, 0.25) is 5.91 Å². The van der Waals surface area contributed by atoms with Crippen LogP contribution in [0.4, 0.5) is 0 Å². The third kappa shape index (κ3) is 14.8. The van der Waals surface area contributed by atoms with Crippen LogP contribution in [0, 0.1) is 17.8 Å². The van der Waals surface area contributed by atoms with Crippen molar-refractivity contribution >= 4 is 17.8 Å². The van der Waals surface area contributed by atoms with E-state index in [1.165, 1.54) is 38.5 Å². The summed E-state index contributed by atoms with van der Waals surface area (Å²) in [7, 11) is 0. The number of aliphatic hydroxyl groups excluding tert-OH is 5. The molecule has 9 N–H and O–H groups in total. The van der Waals surface area contributed by atoms with Crippen molar-refractivity contribution in [3.63, 3.8) is 0 Å². The summed E-state index contributed by atoms with van der Waals surface area (Å²) in [6, 6.07) is -0.726. The lowest BCUT2D eigenvalue weighted by molar-refractivity contribution is -0.237. The predicted molar refractivity (Wildman–Crippen MR) is 190 cm³/mol. The third-order valence-electron chi connectivity index (χ3n) is 10.7. The second-order valence-corrected chi connectivity index (χ2v) is 15.1. The maximum Gasteiger partial charge on any atom is 0.320 e. The molecule has 2 aliphatic carbocycles. The Balaban J connectivity index is 1.88. The van der Waals surface area contributed by atoms with Gasteiger partial charge in [-0.2, -0.15) is 0 Å². The summed E-state index contributed by atoms with van der Waals surface area (Å²) >= 11 is 0. The van der Waals surface area contributed by atoms with Gasteiger partial charge in [0.1, 0.15) is 30.5 Å². The van der Waals surface area contributed by atoms with Crippen LogP contribution in [0.2, 0.25) is 0 Å². The molecule has 0 spiro atoms. The summed E-state index contributed by atoms with van der Waals surface area (Å²) in [6.45, 7) is 8.59. The Morgan fingerprint density at radius 2 is 1.25 bits per heavy atom. The lowest BCUT2D eigenvalue weighted by atomic mass is 9.78. The number of hydrogen-bond donors (Lipinski definition) is 9. The van der Waals surface area contributed by atoms with Gasteiger partial charge in [-0.3, -0.25) is 14.4 Å². The van der Waals surface area contributed by atoms with E-state index in [4.69, 9.17) is 9.47 Å². The van der Waals surface area contributed by atoms with Gasteiger partial charge in [0.05, 0.1) is 36.3 Å². The molecule has 1 unspecified atom stereocenters. The minimum atomic E-state index is -1.80. The molecule has 51 heavy (non-hydrogen) atoms. The molecule has 2 saturated carbocycles. The highest BCUT2D eigenvalue weighted by molar-refractivity contribution is 5.79. The highest BCUT2D eigenvalue weighted by atomic mass is 16.5. The molecule has 0 aromatic heterocycles. The van der Waals surface area contributed by atoms with E-state index in [1.807, 2.05) is 20.8 Å². The van der Waals surface area contributed by atoms with E-state index in [-0.39, 0.29) is 31.3 Å². The molecule has 0 saturated heterocycles. The zero-order valence-corrected chi connectivity index (χ0v) is 31.2. The molecule has 0 aromatic rings. The molecule has 298 valence electrons. The Hall–Kier alpha value is -1.91. The number of carboxylic acid groups (broad SMARTS) is 2. The van der Waals surface area contributed by atoms with Crippen molar-refractivity contribution in [1.29, 1.82) is 0 Å². The number of hydrogen-bond acceptors (Lipinski definition) is 11. The molecule has 2 rings (SSSR count). The van der Waals surface area contributed by atoms with Crippen LogP contribution in [0.25, 0.3) is 0 Å². The van der Waals surface area contributed by atoms with Gasteiger partial charge >= 0.3 is 11.9 Å². The number of aliphatic carboxylic acids is 2. The van der Waals surface area contributed by atoms with E-state index in [2.05, 4.69) is 17.6 Å². The SMILES string of the molecule is CCCCCCCCCCCCO[C@@H]1C[C@H](C(=O)O)[C@@H](O[C@@H]2C[C@H](C(=O)NCCCC[C@H](NC(C)C(C)C)C(=O)O)[C@@H](O)[C@H](O)[C@H]2O)[C@H](O)[C@H]1O. The normalized spacial score (nSPS) is 30.9. The fourth-order valence-corrected chi connectivity index (χ4v) is 6.98. The number of rotatable bonds is 25. The van der Waals surface area contributed by atoms with Gasteiger partial charge in [-0.1, -0.05) is 78.6 Å². The molecule has 0 radical (unpaired) electrons. The standard InChI is InChI=1S/C37H68N2O12/c1-5-6-7-8-9-10-11-12-13-16-19-50-27-21-25(36(46)47)34(33(44)30(27)41)51-28-20-24(29(40)32(43)31(28)42)35(45)38-18-15-14-17-26(37(48)49)39-23(4)22(2)3/h22-34,39-44H,5-21H2,1-4H3,(H,38,45)(H,46,47)(H,48,49)/t23?,24-,25-,26-,27+,28+,29+,30-,31-,32-,33+,34+/m0/s1. The van der Waals surface area contributed by atoms with Gasteiger partial charge in [0, 0.05) is 19.2 Å². The number of nitrogens with one attached hydrogen (secondary N) is 2. The summed E-state index contributed by atoms with van der Waals surface area (Å²) in [5.41, 5.74) is 0. The van der Waals surface area contributed by atoms with Crippen molar-refractivity contribution in [2.45, 2.75) is 185 Å². The van der Waals surface area contributed by atoms with Crippen LogP contribution in [-0.4, -0.2) is 128 Å². The van der Waals surface area contributed by atoms with Crippen LogP contribution in [0.5, 0.6) is 0 Å². The molecule has 0 aliphatic heterocycles. The lowest BCUT2D eigenvalue weighted by Crippen LogP contribution is -2.62. The van der Waals surface area contributed by atoms with Crippen molar-refractivity contribution in [1.82, 2.24) is 10.6 Å². The zero-order valence-electron chi connectivity index (χ0n) is 31.2. The second kappa shape index (κ2) is 23.7. The number of carbonyl (C=O) groups is 3. The van der Waals surface area contributed by atoms with Crippen LogP contribution >= 0.6 is 0 Å². The molecule has 12 atom stereocenters. The predicted octanol–water partition coefficient (Wildman–Crippen LogP) is 2.35. The first kappa shape index (κ1) is 45.2. The highest BCUT2D eigenvalue weighted by Gasteiger charge is 2.52. The van der Waals surface area contributed by atoms with E-state index in [1.54, 1.807) is 0 Å². The van der Waals surface area contributed by atoms with Crippen LogP contribution in [0.1, 0.15) is 124 Å². The van der Waals surface area contributed by atoms with Gasteiger partial charge in [-0.05, 0) is 51.4 Å². The second-order valence-electron chi connectivity index (χ2n) is 15.1. The van der Waals surface area contributed by atoms with Crippen LogP contribution in [0.15, 0.2) is 0 Å². The Morgan fingerprint density at radius 1 is 0.686 bits per heavy atom. The molecular weight excluding hydrogens is 664 g/mol. The third-order valence-corrected chi connectivity index (χ3v) is 10.7. The van der Waals surface area contributed by atoms with Crippen molar-refractivity contribution in [3.8, 4) is 0 Å². The summed E-state index contributed by atoms with van der Waals surface area (Å²) in [5, 5.41) is 79.2. The average molecular weight is 733 g/mol. The van der Waals surface area contributed by atoms with E-state index in [0.29, 0.717) is 25.9 Å². The van der Waals surface area contributed by atoms with E-state index in [9.17, 15) is 50.1 Å². The molecule has 0 bridgehead atoms. The highest BCUT2D eigenvalue weighted by Crippen LogP contribution is 2.35. The Morgan fingerprint density at radius 3 is 1.82 bits per heavy atom. The quantitative estimate of drug-likeness (QED) is 0.0614. The molecular formula is C37H68N2O12. The van der Waals surface area contributed by atoms with E-state index >= 15 is 0 Å². The maximum atomic E-state index is 13.1. The number of amides is 1. The van der Waals surface area contributed by atoms with Gasteiger partial charge < -0.3 is 55.9 Å².